The third kappa shape index (κ3) is 5.92. The van der Waals surface area contributed by atoms with Crippen molar-refractivity contribution in [3.05, 3.63) is 29.0 Å². The van der Waals surface area contributed by atoms with Crippen LogP contribution in [-0.4, -0.2) is 17.8 Å². The van der Waals surface area contributed by atoms with Gasteiger partial charge in [0.15, 0.2) is 0 Å². The van der Waals surface area contributed by atoms with Crippen LogP contribution < -0.4 is 0 Å². The monoisotopic (exact) mass is 253 g/mol. The third-order valence-electron chi connectivity index (χ3n) is 1.78. The Morgan fingerprint density at radius 3 is 2.75 bits per heavy atom. The van der Waals surface area contributed by atoms with Crippen molar-refractivity contribution in [3.63, 3.8) is 0 Å². The predicted molar refractivity (Wildman–Crippen MR) is 54.2 cm³/mol. The average Bonchev–Trinajstić information content (AvgIpc) is 2.15. The molecule has 0 aromatic carbocycles. The molecule has 0 bridgehead atoms. The lowest BCUT2D eigenvalue weighted by molar-refractivity contribution is -0.138. The van der Waals surface area contributed by atoms with Crippen molar-refractivity contribution < 1.29 is 17.9 Å². The van der Waals surface area contributed by atoms with Gasteiger partial charge in [-0.05, 0) is 18.6 Å². The van der Waals surface area contributed by atoms with Crippen molar-refractivity contribution in [2.24, 2.45) is 0 Å². The Morgan fingerprint density at radius 1 is 1.38 bits per heavy atom. The molecule has 16 heavy (non-hydrogen) atoms. The third-order valence-corrected chi connectivity index (χ3v) is 2.01. The van der Waals surface area contributed by atoms with Crippen LogP contribution in [0.2, 0.25) is 5.02 Å². The standard InChI is InChI=1S/C10H11ClF3NO/c11-8-2-4-15-9(6-8)7-16-5-1-3-10(12,13)14/h2,4,6H,1,3,5,7H2. The van der Waals surface area contributed by atoms with Crippen LogP contribution in [0, 0.1) is 0 Å². The van der Waals surface area contributed by atoms with Crippen molar-refractivity contribution in [1.29, 1.82) is 0 Å². The number of rotatable bonds is 5. The summed E-state index contributed by atoms with van der Waals surface area (Å²) in [6.07, 6.45) is -3.45. The largest absolute Gasteiger partial charge is 0.389 e. The molecule has 0 aliphatic heterocycles. The number of nitrogens with zero attached hydrogens (tertiary/aromatic N) is 1. The van der Waals surface area contributed by atoms with Crippen LogP contribution in [-0.2, 0) is 11.3 Å². The molecule has 0 saturated carbocycles. The first-order valence-corrected chi connectivity index (χ1v) is 5.10. The van der Waals surface area contributed by atoms with Crippen LogP contribution in [0.4, 0.5) is 13.2 Å². The highest BCUT2D eigenvalue weighted by molar-refractivity contribution is 6.30. The highest BCUT2D eigenvalue weighted by atomic mass is 35.5. The maximum absolute atomic E-state index is 11.8. The highest BCUT2D eigenvalue weighted by Crippen LogP contribution is 2.21. The molecule has 6 heteroatoms. The van der Waals surface area contributed by atoms with Gasteiger partial charge in [0.05, 0.1) is 12.3 Å². The van der Waals surface area contributed by atoms with Gasteiger partial charge in [0.1, 0.15) is 0 Å². The highest BCUT2D eigenvalue weighted by Gasteiger charge is 2.25. The summed E-state index contributed by atoms with van der Waals surface area (Å²) in [6.45, 7) is 0.242. The Labute approximate surface area is 96.4 Å². The molecule has 0 aliphatic carbocycles. The molecule has 0 amide bonds. The first-order valence-electron chi connectivity index (χ1n) is 4.72. The molecule has 1 aromatic rings. The topological polar surface area (TPSA) is 22.1 Å². The zero-order valence-corrected chi connectivity index (χ0v) is 9.18. The Morgan fingerprint density at radius 2 is 2.12 bits per heavy atom. The Bertz CT molecular complexity index is 330. The van der Waals surface area contributed by atoms with Crippen molar-refractivity contribution in [2.45, 2.75) is 25.6 Å². The summed E-state index contributed by atoms with van der Waals surface area (Å²) in [4.78, 5) is 3.95. The number of hydrogen-bond acceptors (Lipinski definition) is 2. The van der Waals surface area contributed by atoms with E-state index in [1.807, 2.05) is 0 Å². The maximum atomic E-state index is 11.8. The first-order chi connectivity index (χ1) is 7.47. The fourth-order valence-electron chi connectivity index (χ4n) is 1.08. The molecular weight excluding hydrogens is 243 g/mol. The molecule has 1 aromatic heterocycles. The van der Waals surface area contributed by atoms with Gasteiger partial charge in [-0.15, -0.1) is 0 Å². The normalized spacial score (nSPS) is 11.8. The van der Waals surface area contributed by atoms with Crippen LogP contribution in [0.3, 0.4) is 0 Å². The van der Waals surface area contributed by atoms with Crippen molar-refractivity contribution in [3.8, 4) is 0 Å². The van der Waals surface area contributed by atoms with Crippen molar-refractivity contribution in [1.82, 2.24) is 4.98 Å². The van der Waals surface area contributed by atoms with E-state index < -0.39 is 12.6 Å². The van der Waals surface area contributed by atoms with Crippen LogP contribution in [0.15, 0.2) is 18.3 Å². The fourth-order valence-corrected chi connectivity index (χ4v) is 1.26. The molecule has 0 aliphatic rings. The van der Waals surface area contributed by atoms with E-state index >= 15 is 0 Å². The summed E-state index contributed by atoms with van der Waals surface area (Å²) in [6, 6.07) is 3.24. The number of aromatic nitrogens is 1. The van der Waals surface area contributed by atoms with E-state index in [4.69, 9.17) is 16.3 Å². The number of halogens is 4. The zero-order chi connectivity index (χ0) is 12.0. The van der Waals surface area contributed by atoms with Gasteiger partial charge in [-0.2, -0.15) is 13.2 Å². The van der Waals surface area contributed by atoms with E-state index in [0.717, 1.165) is 0 Å². The van der Waals surface area contributed by atoms with Crippen LogP contribution in [0.1, 0.15) is 18.5 Å². The minimum absolute atomic E-state index is 0.0376. The summed E-state index contributed by atoms with van der Waals surface area (Å²) in [7, 11) is 0. The Kier molecular flexibility index (Phi) is 5.02. The second kappa shape index (κ2) is 6.06. The van der Waals surface area contributed by atoms with Gasteiger partial charge in [0.2, 0.25) is 0 Å². The lowest BCUT2D eigenvalue weighted by Crippen LogP contribution is -2.08. The number of hydrogen-bond donors (Lipinski definition) is 0. The van der Waals surface area contributed by atoms with E-state index in [1.54, 1.807) is 12.1 Å². The van der Waals surface area contributed by atoms with E-state index in [2.05, 4.69) is 4.98 Å². The van der Waals surface area contributed by atoms with Crippen LogP contribution in [0.25, 0.3) is 0 Å². The van der Waals surface area contributed by atoms with Gasteiger partial charge in [-0.25, -0.2) is 0 Å². The number of ether oxygens (including phenoxy) is 1. The minimum Gasteiger partial charge on any atom is -0.375 e. The maximum Gasteiger partial charge on any atom is 0.389 e. The predicted octanol–water partition coefficient (Wildman–Crippen LogP) is 3.59. The Hall–Kier alpha value is -0.810. The van der Waals surface area contributed by atoms with Gasteiger partial charge >= 0.3 is 6.18 Å². The quantitative estimate of drug-likeness (QED) is 0.748. The summed E-state index contributed by atoms with van der Waals surface area (Å²) in [5.41, 5.74) is 0.611. The Balaban J connectivity index is 2.17. The molecule has 0 fully saturated rings. The number of pyridine rings is 1. The van der Waals surface area contributed by atoms with E-state index in [9.17, 15) is 13.2 Å². The van der Waals surface area contributed by atoms with E-state index in [-0.39, 0.29) is 19.6 Å². The molecule has 90 valence electrons. The molecule has 1 heterocycles. The minimum atomic E-state index is -4.11. The summed E-state index contributed by atoms with van der Waals surface area (Å²) < 4.78 is 40.4. The molecule has 0 radical (unpaired) electrons. The average molecular weight is 254 g/mol. The van der Waals surface area contributed by atoms with Gasteiger partial charge in [0.25, 0.3) is 0 Å². The van der Waals surface area contributed by atoms with Crippen molar-refractivity contribution >= 4 is 11.6 Å². The molecule has 0 saturated heterocycles. The molecule has 0 unspecified atom stereocenters. The summed E-state index contributed by atoms with van der Waals surface area (Å²) in [5.74, 6) is 0. The smallest absolute Gasteiger partial charge is 0.375 e. The molecule has 0 N–H and O–H groups in total. The SMILES string of the molecule is FC(F)(F)CCCOCc1cc(Cl)ccn1. The molecule has 0 spiro atoms. The second-order valence-electron chi connectivity index (χ2n) is 3.24. The molecule has 0 atom stereocenters. The lowest BCUT2D eigenvalue weighted by atomic mass is 10.3. The lowest BCUT2D eigenvalue weighted by Gasteiger charge is -2.06. The van der Waals surface area contributed by atoms with Crippen LogP contribution >= 0.6 is 11.6 Å². The van der Waals surface area contributed by atoms with Gasteiger partial charge in [-0.3, -0.25) is 4.98 Å². The summed E-state index contributed by atoms with van der Waals surface area (Å²) in [5, 5.41) is 0.531. The fraction of sp³-hybridized carbons (Fsp3) is 0.500. The number of alkyl halides is 3. The molecule has 2 nitrogen and oxygen atoms in total. The molecular formula is C10H11ClF3NO. The summed E-state index contributed by atoms with van der Waals surface area (Å²) >= 11 is 5.70. The van der Waals surface area contributed by atoms with Gasteiger partial charge in [-0.1, -0.05) is 11.6 Å². The molecule has 1 rings (SSSR count). The van der Waals surface area contributed by atoms with Crippen LogP contribution in [0.5, 0.6) is 0 Å². The van der Waals surface area contributed by atoms with E-state index in [1.165, 1.54) is 6.20 Å². The van der Waals surface area contributed by atoms with Gasteiger partial charge < -0.3 is 4.74 Å². The van der Waals surface area contributed by atoms with Crippen molar-refractivity contribution in [2.75, 3.05) is 6.61 Å². The second-order valence-corrected chi connectivity index (χ2v) is 3.67. The van der Waals surface area contributed by atoms with Gasteiger partial charge in [0, 0.05) is 24.2 Å². The zero-order valence-electron chi connectivity index (χ0n) is 8.43. The first kappa shape index (κ1) is 13.3. The van der Waals surface area contributed by atoms with E-state index in [0.29, 0.717) is 10.7 Å².